The number of anilines is 2. The average molecular weight is 1220 g/mol. The summed E-state index contributed by atoms with van der Waals surface area (Å²) in [5, 5.41) is -0.0822. The summed E-state index contributed by atoms with van der Waals surface area (Å²) in [6.07, 6.45) is 2.65. The number of hydrogen-bond donors (Lipinski definition) is 3. The van der Waals surface area contributed by atoms with Crippen molar-refractivity contribution in [2.75, 3.05) is 23.6 Å². The Morgan fingerprint density at radius 2 is 1.25 bits per heavy atom. The van der Waals surface area contributed by atoms with Crippen LogP contribution < -0.4 is 9.44 Å². The summed E-state index contributed by atoms with van der Waals surface area (Å²) in [5.41, 5.74) is -0.837. The van der Waals surface area contributed by atoms with E-state index >= 15 is 0 Å². The lowest BCUT2D eigenvalue weighted by Gasteiger charge is -2.17. The molecule has 0 atom stereocenters. The molecule has 0 unspecified atom stereocenters. The van der Waals surface area contributed by atoms with Gasteiger partial charge in [-0.1, -0.05) is 58.6 Å². The predicted octanol–water partition coefficient (Wildman–Crippen LogP) is 11.4. The number of aromatic nitrogens is 5. The minimum Gasteiger partial charge on any atom is -0.346 e. The second-order valence-electron chi connectivity index (χ2n) is 14.3. The van der Waals surface area contributed by atoms with E-state index in [1.54, 1.807) is 12.3 Å². The first-order chi connectivity index (χ1) is 33.2. The topological polar surface area (TPSA) is 206 Å². The molecule has 0 bridgehead atoms. The van der Waals surface area contributed by atoms with Crippen molar-refractivity contribution in [3.05, 3.63) is 167 Å². The maximum Gasteiger partial charge on any atom is 0.417 e. The molecule has 372 valence electrons. The Morgan fingerprint density at radius 3 is 1.77 bits per heavy atom. The van der Waals surface area contributed by atoms with Crippen LogP contribution in [0.15, 0.2) is 114 Å². The first-order valence-electron chi connectivity index (χ1n) is 19.4. The van der Waals surface area contributed by atoms with Crippen LogP contribution in [-0.2, 0) is 43.7 Å². The number of H-pyrrole nitrogens is 1. The number of hydrogen-bond acceptors (Lipinski definition) is 11. The van der Waals surface area contributed by atoms with E-state index in [1.165, 1.54) is 41.2 Å². The average Bonchev–Trinajstić information content (AvgIpc) is 3.99. The van der Waals surface area contributed by atoms with Crippen LogP contribution in [0.1, 0.15) is 48.9 Å². The van der Waals surface area contributed by atoms with Crippen LogP contribution in [0.25, 0.3) is 17.1 Å². The van der Waals surface area contributed by atoms with Crippen molar-refractivity contribution in [3.8, 4) is 0 Å². The van der Waals surface area contributed by atoms with Gasteiger partial charge in [-0.25, -0.2) is 36.9 Å². The van der Waals surface area contributed by atoms with E-state index in [-0.39, 0.29) is 38.4 Å². The molecule has 1 aliphatic carbocycles. The van der Waals surface area contributed by atoms with Gasteiger partial charge in [-0.15, -0.1) is 0 Å². The molecule has 2 aromatic carbocycles. The SMILES string of the molecule is CON(C)C(=O)c1ncc(Cl)cc1NS(=O)(=O)c1ccc(Cl)c(C(F)(F)F)c1.Ic1ccnc2c1C=CC2.O=C(c1ncc(Cl)cc1NS(=O)(=O)c1ccc(Cl)c(C(F)(F)F)c1)c1ccnc2[nH]ccc12. The number of carbonyl (C=O) groups is 2. The number of rotatable bonds is 10. The Labute approximate surface area is 432 Å². The summed E-state index contributed by atoms with van der Waals surface area (Å²) in [7, 11) is -6.66. The molecule has 71 heavy (non-hydrogen) atoms. The number of benzene rings is 2. The van der Waals surface area contributed by atoms with E-state index in [2.05, 4.69) is 64.4 Å². The van der Waals surface area contributed by atoms with Gasteiger partial charge in [0.25, 0.3) is 26.0 Å². The molecular formula is C43H29Cl4F6IN8O7S2. The number of carbonyl (C=O) groups excluding carboxylic acids is 2. The van der Waals surface area contributed by atoms with E-state index < -0.39 is 75.1 Å². The van der Waals surface area contributed by atoms with E-state index in [1.807, 2.05) is 17.0 Å². The zero-order chi connectivity index (χ0) is 52.2. The molecule has 0 fully saturated rings. The Balaban J connectivity index is 0.000000196. The number of pyridine rings is 4. The summed E-state index contributed by atoms with van der Waals surface area (Å²) >= 11 is 25.1. The second kappa shape index (κ2) is 22.0. The molecule has 3 N–H and O–H groups in total. The molecule has 0 saturated heterocycles. The number of halogens is 11. The van der Waals surface area contributed by atoms with Crippen LogP contribution >= 0.6 is 69.0 Å². The largest absolute Gasteiger partial charge is 0.417 e. The first kappa shape index (κ1) is 54.7. The quantitative estimate of drug-likeness (QED) is 0.0508. The maximum absolute atomic E-state index is 13.2. The summed E-state index contributed by atoms with van der Waals surface area (Å²) in [5.74, 6) is -1.47. The van der Waals surface area contributed by atoms with Crippen molar-refractivity contribution in [1.29, 1.82) is 0 Å². The molecule has 1 aliphatic rings. The van der Waals surface area contributed by atoms with Gasteiger partial charge >= 0.3 is 12.4 Å². The fourth-order valence-corrected chi connectivity index (χ4v) is 9.79. The van der Waals surface area contributed by atoms with Gasteiger partial charge in [0.05, 0.1) is 65.2 Å². The van der Waals surface area contributed by atoms with E-state index in [0.29, 0.717) is 23.2 Å². The number of nitrogens with zero attached hydrogens (tertiary/aromatic N) is 5. The fourth-order valence-electron chi connectivity index (χ4n) is 6.21. The number of sulfonamides is 2. The van der Waals surface area contributed by atoms with Gasteiger partial charge in [0, 0.05) is 64.5 Å². The summed E-state index contributed by atoms with van der Waals surface area (Å²) < 4.78 is 135. The first-order valence-corrected chi connectivity index (χ1v) is 25.0. The highest BCUT2D eigenvalue weighted by atomic mass is 127. The number of allylic oxidation sites excluding steroid dienone is 1. The minimum absolute atomic E-state index is 0.00198. The maximum atomic E-state index is 13.2. The number of fused-ring (bicyclic) bond motifs is 2. The number of nitrogens with one attached hydrogen (secondary N) is 3. The second-order valence-corrected chi connectivity index (χ2v) is 20.5. The summed E-state index contributed by atoms with van der Waals surface area (Å²) in [4.78, 5) is 47.7. The fraction of sp³-hybridized carbons (Fsp3) is 0.116. The van der Waals surface area contributed by atoms with Gasteiger partial charge in [-0.2, -0.15) is 26.3 Å². The van der Waals surface area contributed by atoms with Crippen LogP contribution in [0.2, 0.25) is 20.1 Å². The summed E-state index contributed by atoms with van der Waals surface area (Å²) in [6.45, 7) is 0. The molecule has 0 aliphatic heterocycles. The number of amides is 1. The van der Waals surface area contributed by atoms with Crippen molar-refractivity contribution in [2.45, 2.75) is 28.6 Å². The van der Waals surface area contributed by atoms with Gasteiger partial charge in [0.1, 0.15) is 11.3 Å². The van der Waals surface area contributed by atoms with Crippen molar-refractivity contribution in [2.24, 2.45) is 0 Å². The number of hydroxylamine groups is 2. The molecular weight excluding hydrogens is 1190 g/mol. The van der Waals surface area contributed by atoms with Crippen LogP contribution in [-0.4, -0.2) is 72.7 Å². The summed E-state index contributed by atoms with van der Waals surface area (Å²) in [6, 6.07) is 11.5. The zero-order valence-corrected chi connectivity index (χ0v) is 42.5. The van der Waals surface area contributed by atoms with Crippen molar-refractivity contribution in [3.63, 3.8) is 0 Å². The van der Waals surface area contributed by atoms with Gasteiger partial charge in [-0.3, -0.25) is 28.9 Å². The smallest absolute Gasteiger partial charge is 0.346 e. The van der Waals surface area contributed by atoms with Gasteiger partial charge < -0.3 is 4.98 Å². The van der Waals surface area contributed by atoms with Crippen LogP contribution in [0.3, 0.4) is 0 Å². The molecule has 5 heterocycles. The Kier molecular flexibility index (Phi) is 17.0. The van der Waals surface area contributed by atoms with Gasteiger partial charge in [-0.05, 0) is 89.3 Å². The third-order valence-electron chi connectivity index (χ3n) is 9.60. The molecule has 15 nitrogen and oxygen atoms in total. The van der Waals surface area contributed by atoms with Gasteiger partial charge in [0.2, 0.25) is 5.78 Å². The number of alkyl halides is 6. The van der Waals surface area contributed by atoms with E-state index in [0.717, 1.165) is 60.3 Å². The third kappa shape index (κ3) is 13.1. The lowest BCUT2D eigenvalue weighted by Crippen LogP contribution is -2.28. The van der Waals surface area contributed by atoms with Crippen LogP contribution in [0.4, 0.5) is 37.7 Å². The number of ketones is 1. The van der Waals surface area contributed by atoms with E-state index in [9.17, 15) is 52.8 Å². The highest BCUT2D eigenvalue weighted by Crippen LogP contribution is 2.38. The molecule has 0 saturated carbocycles. The molecule has 7 aromatic rings. The van der Waals surface area contributed by atoms with Crippen LogP contribution in [0.5, 0.6) is 0 Å². The highest BCUT2D eigenvalue weighted by Gasteiger charge is 2.36. The Morgan fingerprint density at radius 1 is 0.732 bits per heavy atom. The van der Waals surface area contributed by atoms with Crippen molar-refractivity contribution < 1.29 is 57.6 Å². The normalized spacial score (nSPS) is 12.3. The Bertz CT molecular complexity index is 3460. The lowest BCUT2D eigenvalue weighted by molar-refractivity contribution is -0.138. The number of aromatic amines is 1. The predicted molar refractivity (Wildman–Crippen MR) is 261 cm³/mol. The molecule has 1 amide bonds. The third-order valence-corrected chi connectivity index (χ3v) is 14.3. The Hall–Kier alpha value is -5.61. The zero-order valence-electron chi connectivity index (χ0n) is 35.7. The molecule has 8 rings (SSSR count). The lowest BCUT2D eigenvalue weighted by atomic mass is 10.0. The van der Waals surface area contributed by atoms with E-state index in [4.69, 9.17) is 51.2 Å². The molecule has 0 spiro atoms. The van der Waals surface area contributed by atoms with Gasteiger partial charge in [0.15, 0.2) is 5.69 Å². The molecule has 5 aromatic heterocycles. The monoisotopic (exact) mass is 1210 g/mol. The van der Waals surface area contributed by atoms with Crippen molar-refractivity contribution >= 4 is 129 Å². The highest BCUT2D eigenvalue weighted by molar-refractivity contribution is 14.1. The van der Waals surface area contributed by atoms with Crippen molar-refractivity contribution in [1.82, 2.24) is 30.0 Å². The minimum atomic E-state index is -4.87. The molecule has 0 radical (unpaired) electrons. The van der Waals surface area contributed by atoms with Crippen LogP contribution in [0, 0.1) is 3.57 Å². The standard InChI is InChI=1S/C20H11Cl2F3N4O3S.C15H12Cl2F3N3O4S.C8H6IN/c21-10-7-16(29-33(31,32)11-1-2-15(22)14(8-11)20(23,24)25)17(28-9-10)18(30)12-3-5-26-19-13(12)4-6-27-19;1-23(27-2)14(24)13-12(5-8(16)7-21-13)22-28(25,26)9-3-4-11(17)10(6-9)15(18,19)20;9-7-4-5-10-8-3-1-2-6(7)8/h1-9,29H,(H,26,27);3-7,22H,1-2H3;1-2,4-5H,3H2. The molecule has 28 heteroatoms.